The quantitative estimate of drug-likeness (QED) is 0.817. The van der Waals surface area contributed by atoms with Crippen LogP contribution < -0.4 is 5.32 Å². The summed E-state index contributed by atoms with van der Waals surface area (Å²) in [7, 11) is 0. The minimum atomic E-state index is -0.976. The lowest BCUT2D eigenvalue weighted by Crippen LogP contribution is -2.43. The first-order valence-electron chi connectivity index (χ1n) is 6.81. The highest BCUT2D eigenvalue weighted by Crippen LogP contribution is 2.27. The number of amides is 1. The SMILES string of the molecule is CSC1CCC(NC(=O)C2CCC(C(=O)O)O2)CC1. The van der Waals surface area contributed by atoms with Gasteiger partial charge in [0.05, 0.1) is 0 Å². The molecule has 0 radical (unpaired) electrons. The van der Waals surface area contributed by atoms with Crippen molar-refractivity contribution >= 4 is 23.6 Å². The zero-order valence-corrected chi connectivity index (χ0v) is 11.9. The van der Waals surface area contributed by atoms with E-state index in [0.29, 0.717) is 18.1 Å². The normalized spacial score (nSPS) is 35.0. The molecule has 6 heteroatoms. The van der Waals surface area contributed by atoms with Crippen molar-refractivity contribution in [2.24, 2.45) is 0 Å². The summed E-state index contributed by atoms with van der Waals surface area (Å²) in [6, 6.07) is 0.225. The molecule has 0 aromatic rings. The van der Waals surface area contributed by atoms with E-state index in [1.54, 1.807) is 0 Å². The van der Waals surface area contributed by atoms with Gasteiger partial charge >= 0.3 is 5.97 Å². The van der Waals surface area contributed by atoms with Crippen LogP contribution in [0.3, 0.4) is 0 Å². The number of carbonyl (C=O) groups excluding carboxylic acids is 1. The molecule has 1 aliphatic heterocycles. The summed E-state index contributed by atoms with van der Waals surface area (Å²) < 4.78 is 5.25. The van der Waals surface area contributed by atoms with Crippen LogP contribution in [0.25, 0.3) is 0 Å². The summed E-state index contributed by atoms with van der Waals surface area (Å²) >= 11 is 1.89. The van der Waals surface area contributed by atoms with Gasteiger partial charge < -0.3 is 15.2 Å². The molecule has 2 fully saturated rings. The summed E-state index contributed by atoms with van der Waals surface area (Å²) in [5.41, 5.74) is 0. The molecule has 1 saturated carbocycles. The lowest BCUT2D eigenvalue weighted by atomic mass is 9.95. The van der Waals surface area contributed by atoms with Crippen LogP contribution in [0.2, 0.25) is 0 Å². The molecule has 1 saturated heterocycles. The largest absolute Gasteiger partial charge is 0.479 e. The van der Waals surface area contributed by atoms with Gasteiger partial charge in [-0.1, -0.05) is 0 Å². The summed E-state index contributed by atoms with van der Waals surface area (Å²) in [5, 5.41) is 12.5. The zero-order chi connectivity index (χ0) is 13.8. The van der Waals surface area contributed by atoms with E-state index in [4.69, 9.17) is 9.84 Å². The standard InChI is InChI=1S/C13H21NO4S/c1-19-9-4-2-8(3-5-9)14-12(15)10-6-7-11(18-10)13(16)17/h8-11H,2-7H2,1H3,(H,14,15)(H,16,17). The predicted molar refractivity (Wildman–Crippen MR) is 73.2 cm³/mol. The molecular weight excluding hydrogens is 266 g/mol. The Bertz CT molecular complexity index is 342. The smallest absolute Gasteiger partial charge is 0.332 e. The van der Waals surface area contributed by atoms with Crippen LogP contribution in [-0.2, 0) is 14.3 Å². The molecule has 1 amide bonds. The van der Waals surface area contributed by atoms with Crippen LogP contribution in [0.5, 0.6) is 0 Å². The number of carboxylic acids is 1. The molecule has 0 aromatic carbocycles. The van der Waals surface area contributed by atoms with Crippen molar-refractivity contribution in [1.82, 2.24) is 5.32 Å². The highest BCUT2D eigenvalue weighted by Gasteiger charge is 2.35. The maximum Gasteiger partial charge on any atom is 0.332 e. The molecule has 0 aromatic heterocycles. The van der Waals surface area contributed by atoms with Gasteiger partial charge in [-0.15, -0.1) is 0 Å². The molecule has 2 N–H and O–H groups in total. The van der Waals surface area contributed by atoms with Crippen LogP contribution in [0.4, 0.5) is 0 Å². The van der Waals surface area contributed by atoms with Gasteiger partial charge in [0, 0.05) is 11.3 Å². The van der Waals surface area contributed by atoms with Crippen molar-refractivity contribution in [3.63, 3.8) is 0 Å². The summed E-state index contributed by atoms with van der Waals surface area (Å²) in [6.07, 6.45) is 5.93. The number of hydrogen-bond acceptors (Lipinski definition) is 4. The first-order valence-corrected chi connectivity index (χ1v) is 8.10. The molecule has 2 aliphatic rings. The van der Waals surface area contributed by atoms with E-state index >= 15 is 0 Å². The number of thioether (sulfide) groups is 1. The van der Waals surface area contributed by atoms with E-state index in [-0.39, 0.29) is 11.9 Å². The van der Waals surface area contributed by atoms with Gasteiger partial charge in [-0.25, -0.2) is 4.79 Å². The number of aliphatic carboxylic acids is 1. The third kappa shape index (κ3) is 3.86. The lowest BCUT2D eigenvalue weighted by molar-refractivity contribution is -0.151. The van der Waals surface area contributed by atoms with Crippen molar-refractivity contribution < 1.29 is 19.4 Å². The van der Waals surface area contributed by atoms with Crippen LogP contribution in [0.15, 0.2) is 0 Å². The van der Waals surface area contributed by atoms with Crippen molar-refractivity contribution in [3.05, 3.63) is 0 Å². The van der Waals surface area contributed by atoms with E-state index in [2.05, 4.69) is 11.6 Å². The Labute approximate surface area is 117 Å². The fourth-order valence-electron chi connectivity index (χ4n) is 2.75. The highest BCUT2D eigenvalue weighted by atomic mass is 32.2. The average molecular weight is 287 g/mol. The Morgan fingerprint density at radius 2 is 1.74 bits per heavy atom. The Balaban J connectivity index is 1.75. The topological polar surface area (TPSA) is 75.6 Å². The van der Waals surface area contributed by atoms with Crippen LogP contribution in [0.1, 0.15) is 38.5 Å². The van der Waals surface area contributed by atoms with Crippen molar-refractivity contribution in [1.29, 1.82) is 0 Å². The molecule has 19 heavy (non-hydrogen) atoms. The Morgan fingerprint density at radius 1 is 1.11 bits per heavy atom. The third-order valence-corrected chi connectivity index (χ3v) is 5.08. The molecule has 108 valence electrons. The van der Waals surface area contributed by atoms with Crippen LogP contribution >= 0.6 is 11.8 Å². The Hall–Kier alpha value is -0.750. The van der Waals surface area contributed by atoms with Gasteiger partial charge in [-0.3, -0.25) is 4.79 Å². The van der Waals surface area contributed by atoms with Crippen molar-refractivity contribution in [2.75, 3.05) is 6.26 Å². The molecule has 2 atom stereocenters. The molecule has 2 rings (SSSR count). The van der Waals surface area contributed by atoms with Gasteiger partial charge in [0.2, 0.25) is 5.91 Å². The Kier molecular flexibility index (Phi) is 5.10. The van der Waals surface area contributed by atoms with E-state index in [1.165, 1.54) is 0 Å². The number of carbonyl (C=O) groups is 2. The number of nitrogens with one attached hydrogen (secondary N) is 1. The second kappa shape index (κ2) is 6.61. The van der Waals surface area contributed by atoms with E-state index in [9.17, 15) is 9.59 Å². The van der Waals surface area contributed by atoms with Crippen LogP contribution in [-0.4, -0.2) is 46.7 Å². The van der Waals surface area contributed by atoms with E-state index in [1.807, 2.05) is 11.8 Å². The van der Waals surface area contributed by atoms with Gasteiger partial charge in [0.15, 0.2) is 6.10 Å². The molecule has 0 bridgehead atoms. The maximum atomic E-state index is 12.0. The van der Waals surface area contributed by atoms with E-state index < -0.39 is 18.2 Å². The summed E-state index contributed by atoms with van der Waals surface area (Å²) in [5.74, 6) is -1.12. The minimum Gasteiger partial charge on any atom is -0.479 e. The number of rotatable bonds is 4. The molecule has 0 spiro atoms. The van der Waals surface area contributed by atoms with Gasteiger partial charge in [-0.05, 0) is 44.8 Å². The van der Waals surface area contributed by atoms with Gasteiger partial charge in [0.25, 0.3) is 0 Å². The second-order valence-corrected chi connectivity index (χ2v) is 6.38. The molecule has 2 unspecified atom stereocenters. The fraction of sp³-hybridized carbons (Fsp3) is 0.846. The van der Waals surface area contributed by atoms with Crippen molar-refractivity contribution in [2.45, 2.75) is 62.0 Å². The Morgan fingerprint density at radius 3 is 2.26 bits per heavy atom. The monoisotopic (exact) mass is 287 g/mol. The zero-order valence-electron chi connectivity index (χ0n) is 11.1. The van der Waals surface area contributed by atoms with E-state index in [0.717, 1.165) is 25.7 Å². The maximum absolute atomic E-state index is 12.0. The third-order valence-electron chi connectivity index (χ3n) is 3.94. The lowest BCUT2D eigenvalue weighted by Gasteiger charge is -2.28. The first kappa shape index (κ1) is 14.7. The molecule has 5 nitrogen and oxygen atoms in total. The predicted octanol–water partition coefficient (Wildman–Crippen LogP) is 1.41. The molecule has 1 heterocycles. The molecule has 1 aliphatic carbocycles. The van der Waals surface area contributed by atoms with Gasteiger partial charge in [-0.2, -0.15) is 11.8 Å². The first-order chi connectivity index (χ1) is 9.10. The summed E-state index contributed by atoms with van der Waals surface area (Å²) in [4.78, 5) is 22.8. The minimum absolute atomic E-state index is 0.142. The average Bonchev–Trinajstić information content (AvgIpc) is 2.89. The number of carboxylic acid groups (broad SMARTS) is 1. The second-order valence-electron chi connectivity index (χ2n) is 5.25. The fourth-order valence-corrected chi connectivity index (χ4v) is 3.49. The summed E-state index contributed by atoms with van der Waals surface area (Å²) in [6.45, 7) is 0. The molecular formula is C13H21NO4S. The number of ether oxygens (including phenoxy) is 1. The van der Waals surface area contributed by atoms with Crippen molar-refractivity contribution in [3.8, 4) is 0 Å². The highest BCUT2D eigenvalue weighted by molar-refractivity contribution is 7.99. The number of hydrogen-bond donors (Lipinski definition) is 2. The van der Waals surface area contributed by atoms with Gasteiger partial charge in [0.1, 0.15) is 6.10 Å². The van der Waals surface area contributed by atoms with Crippen LogP contribution in [0, 0.1) is 0 Å².